The zero-order valence-corrected chi connectivity index (χ0v) is 9.57. The molecule has 17 heavy (non-hydrogen) atoms. The standard InChI is InChI=1S/C12H9ClN4/c13-10-6-7(4-5-15-10)12-16-9-3-1-2-8(14)11(9)17-12/h1-6H,14H2,(H,16,17). The number of nitrogens with zero attached hydrogens (tertiary/aromatic N) is 2. The van der Waals surface area contributed by atoms with E-state index < -0.39 is 0 Å². The summed E-state index contributed by atoms with van der Waals surface area (Å²) in [6.07, 6.45) is 1.65. The predicted octanol–water partition coefficient (Wildman–Crippen LogP) is 2.86. The van der Waals surface area contributed by atoms with E-state index in [-0.39, 0.29) is 0 Å². The van der Waals surface area contributed by atoms with Crippen LogP contribution >= 0.6 is 11.6 Å². The molecule has 0 bridgehead atoms. The number of aromatic amines is 1. The minimum Gasteiger partial charge on any atom is -0.397 e. The van der Waals surface area contributed by atoms with E-state index in [9.17, 15) is 0 Å². The highest BCUT2D eigenvalue weighted by atomic mass is 35.5. The van der Waals surface area contributed by atoms with E-state index in [2.05, 4.69) is 15.0 Å². The Hall–Kier alpha value is -2.07. The Labute approximate surface area is 102 Å². The number of nitrogens with one attached hydrogen (secondary N) is 1. The molecule has 0 saturated carbocycles. The van der Waals surface area contributed by atoms with E-state index in [1.807, 2.05) is 24.3 Å². The summed E-state index contributed by atoms with van der Waals surface area (Å²) in [5.74, 6) is 0.738. The number of pyridine rings is 1. The van der Waals surface area contributed by atoms with Crippen LogP contribution in [0, 0.1) is 0 Å². The maximum atomic E-state index is 5.86. The molecule has 2 aromatic heterocycles. The van der Waals surface area contributed by atoms with Crippen LogP contribution in [0.25, 0.3) is 22.4 Å². The number of nitrogen functional groups attached to an aromatic ring is 1. The first kappa shape index (κ1) is 10.1. The molecule has 84 valence electrons. The summed E-state index contributed by atoms with van der Waals surface area (Å²) in [5.41, 5.74) is 9.09. The van der Waals surface area contributed by atoms with Crippen molar-refractivity contribution < 1.29 is 0 Å². The molecule has 0 unspecified atom stereocenters. The van der Waals surface area contributed by atoms with Crippen molar-refractivity contribution >= 4 is 28.3 Å². The van der Waals surface area contributed by atoms with Crippen LogP contribution in [0.3, 0.4) is 0 Å². The van der Waals surface area contributed by atoms with Gasteiger partial charge in [0.2, 0.25) is 0 Å². The lowest BCUT2D eigenvalue weighted by atomic mass is 10.2. The third-order valence-electron chi connectivity index (χ3n) is 2.54. The Kier molecular flexibility index (Phi) is 2.23. The van der Waals surface area contributed by atoms with Crippen LogP contribution in [0.1, 0.15) is 0 Å². The molecule has 0 aliphatic heterocycles. The third kappa shape index (κ3) is 1.72. The van der Waals surface area contributed by atoms with Crippen LogP contribution in [-0.2, 0) is 0 Å². The molecule has 0 fully saturated rings. The first-order valence-electron chi connectivity index (χ1n) is 5.10. The number of hydrogen-bond donors (Lipinski definition) is 2. The van der Waals surface area contributed by atoms with Crippen molar-refractivity contribution in [2.24, 2.45) is 0 Å². The van der Waals surface area contributed by atoms with E-state index >= 15 is 0 Å². The lowest BCUT2D eigenvalue weighted by molar-refractivity contribution is 1.28. The van der Waals surface area contributed by atoms with E-state index in [1.165, 1.54) is 0 Å². The molecule has 5 heteroatoms. The number of fused-ring (bicyclic) bond motifs is 1. The second kappa shape index (κ2) is 3.75. The van der Waals surface area contributed by atoms with Crippen LogP contribution in [0.2, 0.25) is 5.15 Å². The molecule has 0 saturated heterocycles. The number of rotatable bonds is 1. The van der Waals surface area contributed by atoms with Crippen LogP contribution < -0.4 is 5.73 Å². The van der Waals surface area contributed by atoms with Gasteiger partial charge in [-0.05, 0) is 24.3 Å². The second-order valence-electron chi connectivity index (χ2n) is 3.70. The van der Waals surface area contributed by atoms with E-state index in [1.54, 1.807) is 12.3 Å². The van der Waals surface area contributed by atoms with Crippen LogP contribution in [0.15, 0.2) is 36.5 Å². The molecule has 3 aromatic rings. The van der Waals surface area contributed by atoms with E-state index in [0.717, 1.165) is 22.4 Å². The average Bonchev–Trinajstić information content (AvgIpc) is 2.74. The van der Waals surface area contributed by atoms with Gasteiger partial charge >= 0.3 is 0 Å². The predicted molar refractivity (Wildman–Crippen MR) is 68.7 cm³/mol. The maximum Gasteiger partial charge on any atom is 0.138 e. The molecular formula is C12H9ClN4. The molecule has 0 spiro atoms. The fourth-order valence-corrected chi connectivity index (χ4v) is 1.91. The SMILES string of the molecule is Nc1cccc2[nH]c(-c3ccnc(Cl)c3)nc12. The molecular weight excluding hydrogens is 236 g/mol. The maximum absolute atomic E-state index is 5.86. The Balaban J connectivity index is 2.22. The van der Waals surface area contributed by atoms with Gasteiger partial charge in [0.05, 0.1) is 11.2 Å². The Morgan fingerprint density at radius 1 is 1.24 bits per heavy atom. The van der Waals surface area contributed by atoms with Crippen LogP contribution in [0.5, 0.6) is 0 Å². The lowest BCUT2D eigenvalue weighted by Crippen LogP contribution is -1.85. The van der Waals surface area contributed by atoms with Gasteiger partial charge in [-0.25, -0.2) is 9.97 Å². The molecule has 3 rings (SSSR count). The molecule has 2 heterocycles. The van der Waals surface area contributed by atoms with Gasteiger partial charge in [-0.3, -0.25) is 0 Å². The summed E-state index contributed by atoms with van der Waals surface area (Å²) < 4.78 is 0. The first-order chi connectivity index (χ1) is 8.24. The van der Waals surface area contributed by atoms with Crippen LogP contribution in [0.4, 0.5) is 5.69 Å². The first-order valence-corrected chi connectivity index (χ1v) is 5.48. The van der Waals surface area contributed by atoms with E-state index in [4.69, 9.17) is 17.3 Å². The van der Waals surface area contributed by atoms with Crippen molar-refractivity contribution in [1.29, 1.82) is 0 Å². The van der Waals surface area contributed by atoms with Crippen molar-refractivity contribution in [3.05, 3.63) is 41.7 Å². The number of imidazole rings is 1. The summed E-state index contributed by atoms with van der Waals surface area (Å²) >= 11 is 5.85. The van der Waals surface area contributed by atoms with Gasteiger partial charge < -0.3 is 10.7 Å². The average molecular weight is 245 g/mol. The van der Waals surface area contributed by atoms with Gasteiger partial charge in [0.15, 0.2) is 0 Å². The molecule has 0 atom stereocenters. The highest BCUT2D eigenvalue weighted by Crippen LogP contribution is 2.24. The second-order valence-corrected chi connectivity index (χ2v) is 4.08. The lowest BCUT2D eigenvalue weighted by Gasteiger charge is -1.95. The molecule has 0 amide bonds. The van der Waals surface area contributed by atoms with Crippen molar-refractivity contribution in [3.8, 4) is 11.4 Å². The molecule has 0 aliphatic rings. The summed E-state index contributed by atoms with van der Waals surface area (Å²) in [6, 6.07) is 9.26. The summed E-state index contributed by atoms with van der Waals surface area (Å²) in [5, 5.41) is 0.441. The highest BCUT2D eigenvalue weighted by Gasteiger charge is 2.07. The summed E-state index contributed by atoms with van der Waals surface area (Å²) in [4.78, 5) is 11.6. The zero-order chi connectivity index (χ0) is 11.8. The zero-order valence-electron chi connectivity index (χ0n) is 8.81. The summed E-state index contributed by atoms with van der Waals surface area (Å²) in [6.45, 7) is 0. The van der Waals surface area contributed by atoms with Crippen LogP contribution in [-0.4, -0.2) is 15.0 Å². The number of anilines is 1. The third-order valence-corrected chi connectivity index (χ3v) is 2.75. The normalized spacial score (nSPS) is 10.9. The van der Waals surface area contributed by atoms with Crippen molar-refractivity contribution in [1.82, 2.24) is 15.0 Å². The number of H-pyrrole nitrogens is 1. The number of hydrogen-bond acceptors (Lipinski definition) is 3. The number of nitrogens with two attached hydrogens (primary N) is 1. The minimum absolute atomic E-state index is 0.441. The Morgan fingerprint density at radius 3 is 2.88 bits per heavy atom. The highest BCUT2D eigenvalue weighted by molar-refractivity contribution is 6.29. The van der Waals surface area contributed by atoms with Gasteiger partial charge in [0.25, 0.3) is 0 Å². The fraction of sp³-hybridized carbons (Fsp3) is 0. The van der Waals surface area contributed by atoms with Gasteiger partial charge in [0, 0.05) is 11.8 Å². The van der Waals surface area contributed by atoms with Crippen molar-refractivity contribution in [2.75, 3.05) is 5.73 Å². The minimum atomic E-state index is 0.441. The molecule has 0 aliphatic carbocycles. The molecule has 3 N–H and O–H groups in total. The smallest absolute Gasteiger partial charge is 0.138 e. The van der Waals surface area contributed by atoms with Gasteiger partial charge in [-0.2, -0.15) is 0 Å². The Morgan fingerprint density at radius 2 is 2.12 bits per heavy atom. The largest absolute Gasteiger partial charge is 0.397 e. The van der Waals surface area contributed by atoms with Gasteiger partial charge in [-0.1, -0.05) is 17.7 Å². The van der Waals surface area contributed by atoms with Gasteiger partial charge in [-0.15, -0.1) is 0 Å². The Bertz CT molecular complexity index is 690. The monoisotopic (exact) mass is 244 g/mol. The topological polar surface area (TPSA) is 67.6 Å². The number of benzene rings is 1. The summed E-state index contributed by atoms with van der Waals surface area (Å²) in [7, 11) is 0. The van der Waals surface area contributed by atoms with Crippen molar-refractivity contribution in [2.45, 2.75) is 0 Å². The van der Waals surface area contributed by atoms with E-state index in [0.29, 0.717) is 10.8 Å². The molecule has 4 nitrogen and oxygen atoms in total. The van der Waals surface area contributed by atoms with Gasteiger partial charge in [0.1, 0.15) is 16.5 Å². The molecule has 1 aromatic carbocycles. The quantitative estimate of drug-likeness (QED) is 0.511. The fourth-order valence-electron chi connectivity index (χ4n) is 1.74. The molecule has 0 radical (unpaired) electrons. The number of para-hydroxylation sites is 1. The number of halogens is 1. The van der Waals surface area contributed by atoms with Crippen molar-refractivity contribution in [3.63, 3.8) is 0 Å². The number of aromatic nitrogens is 3.